The van der Waals surface area contributed by atoms with Gasteiger partial charge in [0.25, 0.3) is 5.89 Å². The van der Waals surface area contributed by atoms with Crippen LogP contribution in [0.4, 0.5) is 0 Å². The van der Waals surface area contributed by atoms with Crippen LogP contribution in [0, 0.1) is 6.92 Å². The highest BCUT2D eigenvalue weighted by Crippen LogP contribution is 2.23. The van der Waals surface area contributed by atoms with Crippen LogP contribution in [-0.4, -0.2) is 30.3 Å². The molecule has 0 N–H and O–H groups in total. The topological polar surface area (TPSA) is 83.7 Å². The molecule has 3 rings (SSSR count). The van der Waals surface area contributed by atoms with E-state index in [0.29, 0.717) is 22.9 Å². The molecular weight excluding hydrogens is 336 g/mol. The third kappa shape index (κ3) is 3.83. The van der Waals surface area contributed by atoms with Gasteiger partial charge in [0.2, 0.25) is 5.82 Å². The second-order valence-electron chi connectivity index (χ2n) is 5.52. The normalized spacial score (nSPS) is 10.4. The Morgan fingerprint density at radius 1 is 1.12 bits per heavy atom. The maximum absolute atomic E-state index is 12.3. The van der Waals surface area contributed by atoms with Gasteiger partial charge in [0.1, 0.15) is 17.1 Å². The van der Waals surface area contributed by atoms with Gasteiger partial charge in [-0.2, -0.15) is 4.98 Å². The molecule has 0 unspecified atom stereocenters. The third-order valence-electron chi connectivity index (χ3n) is 3.70. The van der Waals surface area contributed by atoms with Crippen LogP contribution >= 0.6 is 0 Å². The molecule has 0 aliphatic carbocycles. The van der Waals surface area contributed by atoms with E-state index in [4.69, 9.17) is 18.7 Å². The Morgan fingerprint density at radius 3 is 2.73 bits per heavy atom. The lowest BCUT2D eigenvalue weighted by Crippen LogP contribution is -2.07. The van der Waals surface area contributed by atoms with E-state index in [1.165, 1.54) is 7.11 Å². The molecule has 0 fully saturated rings. The van der Waals surface area contributed by atoms with Crippen LogP contribution in [0.3, 0.4) is 0 Å². The van der Waals surface area contributed by atoms with Gasteiger partial charge in [-0.15, -0.1) is 0 Å². The molecule has 0 aliphatic rings. The lowest BCUT2D eigenvalue weighted by atomic mass is 10.1. The molecule has 0 saturated heterocycles. The molecule has 2 aromatic carbocycles. The van der Waals surface area contributed by atoms with Crippen molar-refractivity contribution < 1.29 is 23.5 Å². The van der Waals surface area contributed by atoms with Crippen molar-refractivity contribution >= 4 is 5.97 Å². The van der Waals surface area contributed by atoms with E-state index >= 15 is 0 Å². The van der Waals surface area contributed by atoms with Crippen LogP contribution in [0.25, 0.3) is 11.4 Å². The lowest BCUT2D eigenvalue weighted by molar-refractivity contribution is 0.0426. The van der Waals surface area contributed by atoms with Crippen LogP contribution in [0.1, 0.15) is 21.8 Å². The molecular formula is C19H18N2O5. The summed E-state index contributed by atoms with van der Waals surface area (Å²) in [5.41, 5.74) is 2.02. The number of aryl methyl sites for hydroxylation is 1. The number of esters is 1. The number of aromatic nitrogens is 2. The minimum atomic E-state index is -0.522. The first kappa shape index (κ1) is 17.5. The zero-order valence-corrected chi connectivity index (χ0v) is 14.7. The van der Waals surface area contributed by atoms with Gasteiger partial charge in [-0.1, -0.05) is 28.9 Å². The summed E-state index contributed by atoms with van der Waals surface area (Å²) in [6.45, 7) is 1.75. The number of carbonyl (C=O) groups is 1. The molecule has 0 spiro atoms. The SMILES string of the molecule is COc1cccc(-c2noc(COC(=O)c3cc(C)ccc3OC)n2)c1. The van der Waals surface area contributed by atoms with E-state index < -0.39 is 5.97 Å². The molecule has 134 valence electrons. The van der Waals surface area contributed by atoms with Crippen molar-refractivity contribution in [3.05, 3.63) is 59.5 Å². The van der Waals surface area contributed by atoms with Gasteiger partial charge in [0, 0.05) is 5.56 Å². The number of hydrogen-bond donors (Lipinski definition) is 0. The van der Waals surface area contributed by atoms with E-state index in [-0.39, 0.29) is 12.5 Å². The summed E-state index contributed by atoms with van der Waals surface area (Å²) < 4.78 is 20.8. The zero-order valence-electron chi connectivity index (χ0n) is 14.7. The van der Waals surface area contributed by atoms with Crippen molar-refractivity contribution in [2.24, 2.45) is 0 Å². The number of ether oxygens (including phenoxy) is 3. The summed E-state index contributed by atoms with van der Waals surface area (Å²) in [6, 6.07) is 12.6. The third-order valence-corrected chi connectivity index (χ3v) is 3.70. The summed E-state index contributed by atoms with van der Waals surface area (Å²) in [4.78, 5) is 16.5. The van der Waals surface area contributed by atoms with Gasteiger partial charge in [0.05, 0.1) is 14.2 Å². The Hall–Kier alpha value is -3.35. The highest BCUT2D eigenvalue weighted by atomic mass is 16.6. The quantitative estimate of drug-likeness (QED) is 0.627. The Balaban J connectivity index is 1.70. The molecule has 3 aromatic rings. The minimum absolute atomic E-state index is 0.132. The monoisotopic (exact) mass is 354 g/mol. The number of benzene rings is 2. The lowest BCUT2D eigenvalue weighted by Gasteiger charge is -2.08. The smallest absolute Gasteiger partial charge is 0.342 e. The first-order valence-electron chi connectivity index (χ1n) is 7.89. The summed E-state index contributed by atoms with van der Waals surface area (Å²) in [5, 5.41) is 3.90. The van der Waals surface area contributed by atoms with Crippen molar-refractivity contribution in [3.63, 3.8) is 0 Å². The summed E-state index contributed by atoms with van der Waals surface area (Å²) >= 11 is 0. The van der Waals surface area contributed by atoms with Crippen molar-refractivity contribution in [3.8, 4) is 22.9 Å². The van der Waals surface area contributed by atoms with Crippen LogP contribution in [-0.2, 0) is 11.3 Å². The second kappa shape index (κ2) is 7.69. The van der Waals surface area contributed by atoms with E-state index in [1.807, 2.05) is 31.2 Å². The Kier molecular flexibility index (Phi) is 5.17. The molecule has 0 atom stereocenters. The fraction of sp³-hybridized carbons (Fsp3) is 0.211. The predicted molar refractivity (Wildman–Crippen MR) is 93.1 cm³/mol. The number of hydrogen-bond acceptors (Lipinski definition) is 7. The van der Waals surface area contributed by atoms with Gasteiger partial charge in [0.15, 0.2) is 6.61 Å². The summed E-state index contributed by atoms with van der Waals surface area (Å²) in [7, 11) is 3.08. The molecule has 0 radical (unpaired) electrons. The average molecular weight is 354 g/mol. The molecule has 0 saturated carbocycles. The van der Waals surface area contributed by atoms with Gasteiger partial charge in [-0.3, -0.25) is 0 Å². The predicted octanol–water partition coefficient (Wildman–Crippen LogP) is 3.42. The van der Waals surface area contributed by atoms with E-state index in [9.17, 15) is 4.79 Å². The van der Waals surface area contributed by atoms with E-state index in [1.54, 1.807) is 25.3 Å². The number of rotatable bonds is 6. The highest BCUT2D eigenvalue weighted by Gasteiger charge is 2.16. The Labute approximate surface area is 150 Å². The summed E-state index contributed by atoms with van der Waals surface area (Å²) in [5.74, 6) is 1.20. The van der Waals surface area contributed by atoms with E-state index in [0.717, 1.165) is 11.1 Å². The van der Waals surface area contributed by atoms with Gasteiger partial charge in [-0.05, 0) is 31.2 Å². The summed E-state index contributed by atoms with van der Waals surface area (Å²) in [6.07, 6.45) is 0. The van der Waals surface area contributed by atoms with Gasteiger partial charge < -0.3 is 18.7 Å². The molecule has 26 heavy (non-hydrogen) atoms. The highest BCUT2D eigenvalue weighted by molar-refractivity contribution is 5.92. The van der Waals surface area contributed by atoms with E-state index in [2.05, 4.69) is 10.1 Å². The molecule has 7 nitrogen and oxygen atoms in total. The van der Waals surface area contributed by atoms with Crippen LogP contribution in [0.15, 0.2) is 47.0 Å². The van der Waals surface area contributed by atoms with Crippen LogP contribution in [0.2, 0.25) is 0 Å². The maximum Gasteiger partial charge on any atom is 0.342 e. The zero-order chi connectivity index (χ0) is 18.5. The molecule has 0 amide bonds. The molecule has 0 bridgehead atoms. The van der Waals surface area contributed by atoms with Crippen molar-refractivity contribution in [1.29, 1.82) is 0 Å². The number of methoxy groups -OCH3 is 2. The first-order chi connectivity index (χ1) is 12.6. The minimum Gasteiger partial charge on any atom is -0.497 e. The first-order valence-corrected chi connectivity index (χ1v) is 7.89. The largest absolute Gasteiger partial charge is 0.497 e. The van der Waals surface area contributed by atoms with Crippen molar-refractivity contribution in [2.45, 2.75) is 13.5 Å². The van der Waals surface area contributed by atoms with Crippen LogP contribution < -0.4 is 9.47 Å². The molecule has 7 heteroatoms. The Bertz CT molecular complexity index is 920. The average Bonchev–Trinajstić information content (AvgIpc) is 3.15. The molecule has 1 aromatic heterocycles. The molecule has 1 heterocycles. The Morgan fingerprint density at radius 2 is 1.96 bits per heavy atom. The second-order valence-corrected chi connectivity index (χ2v) is 5.52. The number of nitrogens with zero attached hydrogens (tertiary/aromatic N) is 2. The van der Waals surface area contributed by atoms with Gasteiger partial charge >= 0.3 is 5.97 Å². The fourth-order valence-electron chi connectivity index (χ4n) is 2.38. The van der Waals surface area contributed by atoms with Crippen LogP contribution in [0.5, 0.6) is 11.5 Å². The van der Waals surface area contributed by atoms with Crippen molar-refractivity contribution in [2.75, 3.05) is 14.2 Å². The maximum atomic E-state index is 12.3. The fourth-order valence-corrected chi connectivity index (χ4v) is 2.38. The van der Waals surface area contributed by atoms with Gasteiger partial charge in [-0.25, -0.2) is 4.79 Å². The number of carbonyl (C=O) groups excluding carboxylic acids is 1. The standard InChI is InChI=1S/C19H18N2O5/c1-12-7-8-16(24-3)15(9-12)19(22)25-11-17-20-18(21-26-17)13-5-4-6-14(10-13)23-2/h4-10H,11H2,1-3H3. The molecule has 0 aliphatic heterocycles. The van der Waals surface area contributed by atoms with Crippen molar-refractivity contribution in [1.82, 2.24) is 10.1 Å².